The highest BCUT2D eigenvalue weighted by molar-refractivity contribution is 7.98. The van der Waals surface area contributed by atoms with Crippen LogP contribution in [0.5, 0.6) is 5.75 Å². The van der Waals surface area contributed by atoms with Crippen molar-refractivity contribution >= 4 is 29.3 Å². The maximum Gasteiger partial charge on any atom is 0.343 e. The molecule has 28 heavy (non-hydrogen) atoms. The highest BCUT2D eigenvalue weighted by atomic mass is 32.2. The molecule has 1 amide bonds. The molecule has 2 aromatic carbocycles. The average molecular weight is 389 g/mol. The van der Waals surface area contributed by atoms with E-state index in [0.717, 1.165) is 0 Å². The van der Waals surface area contributed by atoms with Crippen molar-refractivity contribution in [3.63, 3.8) is 0 Å². The van der Waals surface area contributed by atoms with E-state index in [4.69, 9.17) is 10.00 Å². The molecular weight excluding hydrogens is 374 g/mol. The third kappa shape index (κ3) is 4.55. The number of anilines is 1. The molecule has 1 heterocycles. The van der Waals surface area contributed by atoms with Gasteiger partial charge in [0.15, 0.2) is 0 Å². The summed E-state index contributed by atoms with van der Waals surface area (Å²) in [6, 6.07) is 18.1. The van der Waals surface area contributed by atoms with E-state index in [1.807, 2.05) is 12.3 Å². The first kappa shape index (κ1) is 19.1. The van der Waals surface area contributed by atoms with Crippen LogP contribution in [0.4, 0.5) is 5.69 Å². The van der Waals surface area contributed by atoms with Gasteiger partial charge < -0.3 is 10.1 Å². The van der Waals surface area contributed by atoms with E-state index < -0.39 is 5.97 Å². The Morgan fingerprint density at radius 2 is 1.79 bits per heavy atom. The predicted octanol–water partition coefficient (Wildman–Crippen LogP) is 4.15. The molecule has 3 rings (SSSR count). The summed E-state index contributed by atoms with van der Waals surface area (Å²) in [5.74, 6) is -0.451. The van der Waals surface area contributed by atoms with Gasteiger partial charge in [-0.2, -0.15) is 5.26 Å². The number of benzene rings is 2. The average Bonchev–Trinajstić information content (AvgIpc) is 2.74. The molecule has 0 spiro atoms. The molecule has 0 aliphatic heterocycles. The zero-order chi connectivity index (χ0) is 19.9. The first-order chi connectivity index (χ1) is 13.6. The Morgan fingerprint density at radius 1 is 1.07 bits per heavy atom. The molecular formula is C21H15N3O3S. The summed E-state index contributed by atoms with van der Waals surface area (Å²) in [7, 11) is 0. The number of nitrogens with one attached hydrogen (secondary N) is 1. The number of nitrogens with zero attached hydrogens (tertiary/aromatic N) is 2. The lowest BCUT2D eigenvalue weighted by molar-refractivity contribution is 0.0734. The summed E-state index contributed by atoms with van der Waals surface area (Å²) in [6.07, 6.45) is 3.49. The smallest absolute Gasteiger partial charge is 0.343 e. The quantitative estimate of drug-likeness (QED) is 0.400. The highest BCUT2D eigenvalue weighted by Gasteiger charge is 2.13. The van der Waals surface area contributed by atoms with Gasteiger partial charge in [0.1, 0.15) is 10.8 Å². The Kier molecular flexibility index (Phi) is 6.04. The standard InChI is InChI=1S/C21H15N3O3S/c1-28-20-18(3-2-12-23-20)19(25)24-16-8-6-15(7-9-16)21(26)27-17-10-4-14(13-22)5-11-17/h2-12H,1H3,(H,24,25). The van der Waals surface area contributed by atoms with Crippen LogP contribution in [-0.4, -0.2) is 23.1 Å². The molecule has 0 aliphatic rings. The van der Waals surface area contributed by atoms with Crippen LogP contribution in [0.1, 0.15) is 26.3 Å². The summed E-state index contributed by atoms with van der Waals surface area (Å²) in [4.78, 5) is 28.8. The number of hydrogen-bond donors (Lipinski definition) is 1. The Hall–Kier alpha value is -3.63. The predicted molar refractivity (Wildman–Crippen MR) is 107 cm³/mol. The first-order valence-corrected chi connectivity index (χ1v) is 9.46. The number of esters is 1. The van der Waals surface area contributed by atoms with Gasteiger partial charge in [0.05, 0.1) is 22.8 Å². The molecule has 1 aromatic heterocycles. The van der Waals surface area contributed by atoms with Crippen LogP contribution in [-0.2, 0) is 0 Å². The van der Waals surface area contributed by atoms with E-state index >= 15 is 0 Å². The monoisotopic (exact) mass is 389 g/mol. The molecule has 0 fully saturated rings. The lowest BCUT2D eigenvalue weighted by atomic mass is 10.2. The van der Waals surface area contributed by atoms with Gasteiger partial charge >= 0.3 is 5.97 Å². The lowest BCUT2D eigenvalue weighted by Gasteiger charge is -2.09. The molecule has 7 heteroatoms. The first-order valence-electron chi connectivity index (χ1n) is 8.23. The summed E-state index contributed by atoms with van der Waals surface area (Å²) in [5, 5.41) is 12.2. The van der Waals surface area contributed by atoms with Gasteiger partial charge in [-0.25, -0.2) is 9.78 Å². The van der Waals surface area contributed by atoms with Crippen LogP contribution in [0.3, 0.4) is 0 Å². The third-order valence-electron chi connectivity index (χ3n) is 3.78. The van der Waals surface area contributed by atoms with Crippen molar-refractivity contribution in [3.8, 4) is 11.8 Å². The molecule has 0 unspecified atom stereocenters. The molecule has 0 aliphatic carbocycles. The van der Waals surface area contributed by atoms with Gasteiger partial charge in [0.25, 0.3) is 5.91 Å². The Morgan fingerprint density at radius 3 is 2.43 bits per heavy atom. The van der Waals surface area contributed by atoms with Crippen LogP contribution in [0.2, 0.25) is 0 Å². The van der Waals surface area contributed by atoms with Crippen LogP contribution in [0, 0.1) is 11.3 Å². The van der Waals surface area contributed by atoms with Gasteiger partial charge in [-0.1, -0.05) is 0 Å². The highest BCUT2D eigenvalue weighted by Crippen LogP contribution is 2.19. The molecule has 0 saturated carbocycles. The molecule has 138 valence electrons. The Bertz CT molecular complexity index is 1040. The fraction of sp³-hybridized carbons (Fsp3) is 0.0476. The molecule has 1 N–H and O–H groups in total. The SMILES string of the molecule is CSc1ncccc1C(=O)Nc1ccc(C(=O)Oc2ccc(C#N)cc2)cc1. The second-order valence-corrected chi connectivity index (χ2v) is 6.41. The number of carbonyl (C=O) groups excluding carboxylic acids is 2. The normalized spacial score (nSPS) is 10.0. The third-order valence-corrected chi connectivity index (χ3v) is 4.49. The number of thioether (sulfide) groups is 1. The van der Waals surface area contributed by atoms with Gasteiger partial charge in [-0.05, 0) is 66.9 Å². The number of ether oxygens (including phenoxy) is 1. The van der Waals surface area contributed by atoms with Gasteiger partial charge in [-0.3, -0.25) is 4.79 Å². The number of nitriles is 1. The largest absolute Gasteiger partial charge is 0.423 e. The minimum Gasteiger partial charge on any atom is -0.423 e. The van der Waals surface area contributed by atoms with Gasteiger partial charge in [0.2, 0.25) is 0 Å². The van der Waals surface area contributed by atoms with Crippen LogP contribution in [0.15, 0.2) is 71.9 Å². The zero-order valence-corrected chi connectivity index (χ0v) is 15.7. The van der Waals surface area contributed by atoms with E-state index in [2.05, 4.69) is 10.3 Å². The van der Waals surface area contributed by atoms with E-state index in [0.29, 0.717) is 33.2 Å². The number of aromatic nitrogens is 1. The number of carbonyl (C=O) groups is 2. The molecule has 0 saturated heterocycles. The van der Waals surface area contributed by atoms with E-state index in [9.17, 15) is 9.59 Å². The zero-order valence-electron chi connectivity index (χ0n) is 14.9. The van der Waals surface area contributed by atoms with E-state index in [1.165, 1.54) is 11.8 Å². The Balaban J connectivity index is 1.66. The number of amides is 1. The van der Waals surface area contributed by atoms with Crippen molar-refractivity contribution in [1.82, 2.24) is 4.98 Å². The van der Waals surface area contributed by atoms with Crippen molar-refractivity contribution in [2.45, 2.75) is 5.03 Å². The summed E-state index contributed by atoms with van der Waals surface area (Å²) in [6.45, 7) is 0. The maximum absolute atomic E-state index is 12.4. The topological polar surface area (TPSA) is 92.1 Å². The molecule has 0 bridgehead atoms. The lowest BCUT2D eigenvalue weighted by Crippen LogP contribution is -2.14. The van der Waals surface area contributed by atoms with E-state index in [1.54, 1.807) is 66.9 Å². The van der Waals surface area contributed by atoms with E-state index in [-0.39, 0.29) is 5.91 Å². The van der Waals surface area contributed by atoms with Crippen LogP contribution in [0.25, 0.3) is 0 Å². The maximum atomic E-state index is 12.4. The van der Waals surface area contributed by atoms with Crippen LogP contribution >= 0.6 is 11.8 Å². The number of hydrogen-bond acceptors (Lipinski definition) is 6. The van der Waals surface area contributed by atoms with Crippen molar-refractivity contribution < 1.29 is 14.3 Å². The summed E-state index contributed by atoms with van der Waals surface area (Å²) in [5.41, 5.74) is 1.86. The second-order valence-electron chi connectivity index (χ2n) is 5.62. The number of rotatable bonds is 5. The van der Waals surface area contributed by atoms with Crippen molar-refractivity contribution in [2.75, 3.05) is 11.6 Å². The van der Waals surface area contributed by atoms with Crippen molar-refractivity contribution in [1.29, 1.82) is 5.26 Å². The summed E-state index contributed by atoms with van der Waals surface area (Å²) >= 11 is 1.39. The Labute approximate surface area is 166 Å². The molecule has 0 atom stereocenters. The minimum absolute atomic E-state index is 0.273. The molecule has 3 aromatic rings. The fourth-order valence-corrected chi connectivity index (χ4v) is 2.92. The van der Waals surface area contributed by atoms with Crippen molar-refractivity contribution in [2.24, 2.45) is 0 Å². The summed E-state index contributed by atoms with van der Waals surface area (Å²) < 4.78 is 5.27. The number of pyridine rings is 1. The van der Waals surface area contributed by atoms with Crippen molar-refractivity contribution in [3.05, 3.63) is 83.6 Å². The second kappa shape index (κ2) is 8.84. The minimum atomic E-state index is -0.528. The van der Waals surface area contributed by atoms with Gasteiger partial charge in [0, 0.05) is 11.9 Å². The molecule has 6 nitrogen and oxygen atoms in total. The molecule has 0 radical (unpaired) electrons. The van der Waals surface area contributed by atoms with Gasteiger partial charge in [-0.15, -0.1) is 11.8 Å². The van der Waals surface area contributed by atoms with Crippen LogP contribution < -0.4 is 10.1 Å². The fourth-order valence-electron chi connectivity index (χ4n) is 2.38.